The van der Waals surface area contributed by atoms with Crippen molar-refractivity contribution in [3.8, 4) is 0 Å². The van der Waals surface area contributed by atoms with Crippen molar-refractivity contribution in [1.82, 2.24) is 0 Å². The quantitative estimate of drug-likeness (QED) is 0.551. The van der Waals surface area contributed by atoms with Gasteiger partial charge in [-0.2, -0.15) is 0 Å². The second kappa shape index (κ2) is 8.08. The molecule has 1 spiro atoms. The van der Waals surface area contributed by atoms with Gasteiger partial charge < -0.3 is 0 Å². The smallest absolute Gasteiger partial charge is 0.169 e. The molecule has 4 rings (SSSR count). The summed E-state index contributed by atoms with van der Waals surface area (Å²) >= 11 is 0. The number of benzene rings is 2. The third kappa shape index (κ3) is 3.98. The predicted octanol–water partition coefficient (Wildman–Crippen LogP) is 6.80. The first-order valence-electron chi connectivity index (χ1n) is 10.3. The number of carbonyl (C=O) groups is 1. The largest absolute Gasteiger partial charge is 0.294 e. The Morgan fingerprint density at radius 3 is 2.56 bits per heavy atom. The lowest BCUT2D eigenvalue weighted by Crippen LogP contribution is -2.35. The lowest BCUT2D eigenvalue weighted by atomic mass is 9.66. The molecule has 2 aliphatic carbocycles. The van der Waals surface area contributed by atoms with E-state index in [2.05, 4.69) is 60.7 Å². The number of fused-ring (bicyclic) bond motifs is 1. The van der Waals surface area contributed by atoms with E-state index in [0.29, 0.717) is 5.78 Å². The van der Waals surface area contributed by atoms with Crippen molar-refractivity contribution in [2.75, 3.05) is 0 Å². The summed E-state index contributed by atoms with van der Waals surface area (Å²) in [5.74, 6) is 0.406. The van der Waals surface area contributed by atoms with Gasteiger partial charge in [-0.3, -0.25) is 4.79 Å². The molecular weight excluding hydrogens is 328 g/mol. The van der Waals surface area contributed by atoms with Gasteiger partial charge in [-0.1, -0.05) is 78.4 Å². The van der Waals surface area contributed by atoms with Crippen molar-refractivity contribution in [3.63, 3.8) is 0 Å². The molecule has 0 saturated heterocycles. The van der Waals surface area contributed by atoms with Gasteiger partial charge in [0.1, 0.15) is 0 Å². The number of allylic oxidation sites excluding steroid dienone is 3. The van der Waals surface area contributed by atoms with Gasteiger partial charge in [0.25, 0.3) is 0 Å². The molecule has 2 aromatic carbocycles. The zero-order valence-electron chi connectivity index (χ0n) is 16.0. The highest BCUT2D eigenvalue weighted by molar-refractivity contribution is 6.02. The Balaban J connectivity index is 1.36. The SMILES string of the molecule is O=C1c2ccccc2CCC12CCC=C(CC/C=C/c1ccccc1)CC2. The number of carbonyl (C=O) groups excluding carboxylic acids is 1. The van der Waals surface area contributed by atoms with Crippen LogP contribution < -0.4 is 0 Å². The number of ketones is 1. The molecule has 2 aromatic rings. The minimum Gasteiger partial charge on any atom is -0.294 e. The van der Waals surface area contributed by atoms with Gasteiger partial charge in [0.15, 0.2) is 5.78 Å². The molecule has 0 bridgehead atoms. The summed E-state index contributed by atoms with van der Waals surface area (Å²) in [5.41, 5.74) is 4.91. The standard InChI is InChI=1S/C26H28O/c27-25-24-15-7-6-14-23(24)17-20-26(25)18-8-13-22(16-19-26)12-5-4-11-21-9-2-1-3-10-21/h1-4,6-7,9-11,13-15H,5,8,12,16-20H2/b11-4+. The van der Waals surface area contributed by atoms with Crippen molar-refractivity contribution in [2.24, 2.45) is 5.41 Å². The lowest BCUT2D eigenvalue weighted by Gasteiger charge is -2.36. The summed E-state index contributed by atoms with van der Waals surface area (Å²) in [4.78, 5) is 13.2. The molecule has 27 heavy (non-hydrogen) atoms. The maximum Gasteiger partial charge on any atom is 0.169 e. The van der Waals surface area contributed by atoms with Crippen molar-refractivity contribution >= 4 is 11.9 Å². The Labute approximate surface area is 162 Å². The highest BCUT2D eigenvalue weighted by Crippen LogP contribution is 2.45. The summed E-state index contributed by atoms with van der Waals surface area (Å²) in [6, 6.07) is 18.7. The van der Waals surface area contributed by atoms with Gasteiger partial charge in [-0.25, -0.2) is 0 Å². The van der Waals surface area contributed by atoms with E-state index >= 15 is 0 Å². The molecule has 1 nitrogen and oxygen atoms in total. The third-order valence-electron chi connectivity index (χ3n) is 6.34. The summed E-state index contributed by atoms with van der Waals surface area (Å²) in [5, 5.41) is 0. The first kappa shape index (κ1) is 18.0. The van der Waals surface area contributed by atoms with Crippen LogP contribution in [0.1, 0.15) is 66.4 Å². The van der Waals surface area contributed by atoms with E-state index < -0.39 is 0 Å². The van der Waals surface area contributed by atoms with E-state index in [1.807, 2.05) is 12.1 Å². The van der Waals surface area contributed by atoms with E-state index in [-0.39, 0.29) is 5.41 Å². The molecule has 0 heterocycles. The first-order valence-corrected chi connectivity index (χ1v) is 10.3. The predicted molar refractivity (Wildman–Crippen MR) is 113 cm³/mol. The first-order chi connectivity index (χ1) is 13.3. The Bertz CT molecular complexity index is 859. The topological polar surface area (TPSA) is 17.1 Å². The average molecular weight is 357 g/mol. The molecule has 1 atom stereocenters. The van der Waals surface area contributed by atoms with Gasteiger partial charge in [-0.05, 0) is 62.5 Å². The van der Waals surface area contributed by atoms with Crippen LogP contribution in [0.15, 0.2) is 72.3 Å². The fourth-order valence-corrected chi connectivity index (χ4v) is 4.67. The van der Waals surface area contributed by atoms with Crippen molar-refractivity contribution in [2.45, 2.75) is 51.4 Å². The number of hydrogen-bond acceptors (Lipinski definition) is 1. The maximum absolute atomic E-state index is 13.2. The molecule has 138 valence electrons. The van der Waals surface area contributed by atoms with Crippen LogP contribution in [0.2, 0.25) is 0 Å². The average Bonchev–Trinajstić information content (AvgIpc) is 2.93. The fraction of sp³-hybridized carbons (Fsp3) is 0.346. The van der Waals surface area contributed by atoms with Crippen molar-refractivity contribution in [1.29, 1.82) is 0 Å². The van der Waals surface area contributed by atoms with E-state index in [9.17, 15) is 4.79 Å². The van der Waals surface area contributed by atoms with Crippen LogP contribution in [-0.4, -0.2) is 5.78 Å². The Kier molecular flexibility index (Phi) is 5.38. The van der Waals surface area contributed by atoms with E-state index in [0.717, 1.165) is 56.9 Å². The van der Waals surface area contributed by atoms with Crippen LogP contribution in [0.3, 0.4) is 0 Å². The zero-order valence-corrected chi connectivity index (χ0v) is 16.0. The molecule has 2 aliphatic rings. The van der Waals surface area contributed by atoms with Crippen LogP contribution in [0.4, 0.5) is 0 Å². The van der Waals surface area contributed by atoms with Crippen molar-refractivity contribution in [3.05, 3.63) is 89.0 Å². The van der Waals surface area contributed by atoms with Crippen LogP contribution in [-0.2, 0) is 6.42 Å². The fourth-order valence-electron chi connectivity index (χ4n) is 4.67. The lowest BCUT2D eigenvalue weighted by molar-refractivity contribution is 0.0725. The second-order valence-electron chi connectivity index (χ2n) is 8.02. The minimum atomic E-state index is -0.119. The molecule has 0 aliphatic heterocycles. The Morgan fingerprint density at radius 2 is 1.67 bits per heavy atom. The molecule has 0 aromatic heterocycles. The molecule has 1 unspecified atom stereocenters. The Morgan fingerprint density at radius 1 is 0.889 bits per heavy atom. The minimum absolute atomic E-state index is 0.119. The summed E-state index contributed by atoms with van der Waals surface area (Å²) in [6.07, 6.45) is 15.3. The van der Waals surface area contributed by atoms with Gasteiger partial charge in [0.05, 0.1) is 0 Å². The van der Waals surface area contributed by atoms with Gasteiger partial charge in [0, 0.05) is 11.0 Å². The van der Waals surface area contributed by atoms with Crippen LogP contribution in [0.5, 0.6) is 0 Å². The van der Waals surface area contributed by atoms with Crippen LogP contribution in [0.25, 0.3) is 6.08 Å². The summed E-state index contributed by atoms with van der Waals surface area (Å²) < 4.78 is 0. The van der Waals surface area contributed by atoms with E-state index in [1.54, 1.807) is 0 Å². The summed E-state index contributed by atoms with van der Waals surface area (Å²) in [7, 11) is 0. The maximum atomic E-state index is 13.2. The van der Waals surface area contributed by atoms with Gasteiger partial charge in [0.2, 0.25) is 0 Å². The molecule has 0 fully saturated rings. The zero-order chi connectivity index (χ0) is 18.5. The van der Waals surface area contributed by atoms with Crippen LogP contribution >= 0.6 is 0 Å². The van der Waals surface area contributed by atoms with Gasteiger partial charge in [-0.15, -0.1) is 0 Å². The number of Topliss-reactive ketones (excluding diaryl/α,β-unsaturated/α-hetero) is 1. The van der Waals surface area contributed by atoms with Crippen molar-refractivity contribution < 1.29 is 4.79 Å². The van der Waals surface area contributed by atoms with E-state index in [1.165, 1.54) is 16.7 Å². The highest BCUT2D eigenvalue weighted by atomic mass is 16.1. The summed E-state index contributed by atoms with van der Waals surface area (Å²) in [6.45, 7) is 0. The molecular formula is C26H28O. The Hall–Kier alpha value is -2.41. The highest BCUT2D eigenvalue weighted by Gasteiger charge is 2.41. The second-order valence-corrected chi connectivity index (χ2v) is 8.02. The molecule has 0 N–H and O–H groups in total. The molecule has 0 saturated carbocycles. The molecule has 0 amide bonds. The van der Waals surface area contributed by atoms with Gasteiger partial charge >= 0.3 is 0 Å². The van der Waals surface area contributed by atoms with E-state index in [4.69, 9.17) is 0 Å². The molecule has 1 heteroatoms. The van der Waals surface area contributed by atoms with Crippen LogP contribution in [0, 0.1) is 5.41 Å². The molecule has 0 radical (unpaired) electrons. The monoisotopic (exact) mass is 356 g/mol. The number of rotatable bonds is 4. The number of aryl methyl sites for hydroxylation is 1. The third-order valence-corrected chi connectivity index (χ3v) is 6.34. The number of hydrogen-bond donors (Lipinski definition) is 0. The normalized spacial score (nSPS) is 22.5.